The van der Waals surface area contributed by atoms with E-state index in [4.69, 9.17) is 0 Å². The van der Waals surface area contributed by atoms with Gasteiger partial charge in [0.2, 0.25) is 0 Å². The van der Waals surface area contributed by atoms with Gasteiger partial charge in [-0.1, -0.05) is 24.3 Å². The number of aryl methyl sites for hydroxylation is 1. The average molecular weight is 255 g/mol. The second kappa shape index (κ2) is 4.20. The van der Waals surface area contributed by atoms with E-state index in [0.29, 0.717) is 5.92 Å². The van der Waals surface area contributed by atoms with Gasteiger partial charge < -0.3 is 5.32 Å². The van der Waals surface area contributed by atoms with Crippen molar-refractivity contribution in [2.45, 2.75) is 32.2 Å². The second-order valence-corrected chi connectivity index (χ2v) is 5.95. The Balaban J connectivity index is 2.13. The van der Waals surface area contributed by atoms with Crippen LogP contribution in [0.2, 0.25) is 0 Å². The highest BCUT2D eigenvalue weighted by atomic mass is 15.3. The van der Waals surface area contributed by atoms with E-state index in [-0.39, 0.29) is 5.54 Å². The number of hydrogen-bond acceptors (Lipinski definition) is 2. The van der Waals surface area contributed by atoms with E-state index in [1.165, 1.54) is 22.4 Å². The molecule has 3 nitrogen and oxygen atoms in total. The van der Waals surface area contributed by atoms with Crippen molar-refractivity contribution in [2.24, 2.45) is 7.05 Å². The van der Waals surface area contributed by atoms with Gasteiger partial charge in [0, 0.05) is 36.3 Å². The van der Waals surface area contributed by atoms with Crippen LogP contribution in [0.5, 0.6) is 0 Å². The minimum absolute atomic E-state index is 0.0448. The summed E-state index contributed by atoms with van der Waals surface area (Å²) >= 11 is 0. The summed E-state index contributed by atoms with van der Waals surface area (Å²) in [4.78, 5) is 0. The van der Waals surface area contributed by atoms with Crippen LogP contribution in [0.3, 0.4) is 0 Å². The summed E-state index contributed by atoms with van der Waals surface area (Å²) in [6.07, 6.45) is 2.01. The number of rotatable bonds is 1. The maximum atomic E-state index is 4.39. The van der Waals surface area contributed by atoms with Crippen molar-refractivity contribution in [1.82, 2.24) is 15.1 Å². The molecule has 0 radical (unpaired) electrons. The molecule has 0 aliphatic carbocycles. The first-order chi connectivity index (χ1) is 9.00. The van der Waals surface area contributed by atoms with Gasteiger partial charge in [0.25, 0.3) is 0 Å². The Morgan fingerprint density at radius 2 is 2.00 bits per heavy atom. The zero-order valence-corrected chi connectivity index (χ0v) is 12.1. The lowest BCUT2D eigenvalue weighted by Crippen LogP contribution is -2.44. The molecule has 0 unspecified atom stereocenters. The van der Waals surface area contributed by atoms with Crippen LogP contribution in [0.15, 0.2) is 30.5 Å². The van der Waals surface area contributed by atoms with E-state index in [2.05, 4.69) is 55.5 Å². The van der Waals surface area contributed by atoms with Crippen LogP contribution in [0.25, 0.3) is 0 Å². The van der Waals surface area contributed by atoms with E-state index < -0.39 is 0 Å². The summed E-state index contributed by atoms with van der Waals surface area (Å²) < 4.78 is 1.96. The summed E-state index contributed by atoms with van der Waals surface area (Å²) in [5, 5.41) is 8.05. The van der Waals surface area contributed by atoms with Gasteiger partial charge in [-0.25, -0.2) is 0 Å². The van der Waals surface area contributed by atoms with Crippen molar-refractivity contribution in [1.29, 1.82) is 0 Å². The van der Waals surface area contributed by atoms with Crippen LogP contribution in [0.4, 0.5) is 0 Å². The van der Waals surface area contributed by atoms with Crippen LogP contribution in [0, 0.1) is 6.92 Å². The van der Waals surface area contributed by atoms with E-state index in [9.17, 15) is 0 Å². The van der Waals surface area contributed by atoms with Gasteiger partial charge in [-0.3, -0.25) is 4.68 Å². The zero-order chi connectivity index (χ0) is 13.6. The molecule has 1 aromatic heterocycles. The lowest BCUT2D eigenvalue weighted by Gasteiger charge is -2.38. The Morgan fingerprint density at radius 1 is 1.26 bits per heavy atom. The molecule has 1 atom stereocenters. The predicted molar refractivity (Wildman–Crippen MR) is 77.3 cm³/mol. The third-order valence-electron chi connectivity index (χ3n) is 4.41. The Hall–Kier alpha value is -1.61. The first-order valence-electron chi connectivity index (χ1n) is 6.83. The minimum atomic E-state index is 0.0448. The quantitative estimate of drug-likeness (QED) is 0.849. The van der Waals surface area contributed by atoms with Gasteiger partial charge in [0.15, 0.2) is 0 Å². The molecule has 3 heteroatoms. The topological polar surface area (TPSA) is 29.9 Å². The number of nitrogens with one attached hydrogen (secondary N) is 1. The van der Waals surface area contributed by atoms with Crippen LogP contribution in [-0.2, 0) is 12.6 Å². The summed E-state index contributed by atoms with van der Waals surface area (Å²) in [7, 11) is 2.00. The third-order valence-corrected chi connectivity index (χ3v) is 4.41. The standard InChI is InChI=1S/C16H21N3/c1-11-13(10-18-19(11)4)14-9-17-16(2,3)15-8-6-5-7-12(14)15/h5-8,10,14,17H,9H2,1-4H3/t14-/m0/s1. The molecule has 0 saturated carbocycles. The number of hydrogen-bond donors (Lipinski definition) is 1. The SMILES string of the molecule is Cc1c([C@H]2CNC(C)(C)c3ccccc32)cnn1C. The molecule has 1 N–H and O–H groups in total. The van der Waals surface area contributed by atoms with Crippen molar-refractivity contribution in [3.05, 3.63) is 52.8 Å². The molecule has 0 bridgehead atoms. The van der Waals surface area contributed by atoms with Crippen LogP contribution in [0.1, 0.15) is 42.1 Å². The minimum Gasteiger partial charge on any atom is -0.307 e. The fourth-order valence-electron chi connectivity index (χ4n) is 3.07. The van der Waals surface area contributed by atoms with E-state index in [1.54, 1.807) is 0 Å². The predicted octanol–water partition coefficient (Wildman–Crippen LogP) is 2.70. The lowest BCUT2D eigenvalue weighted by molar-refractivity contribution is 0.366. The summed E-state index contributed by atoms with van der Waals surface area (Å²) in [6.45, 7) is 7.61. The van der Waals surface area contributed by atoms with E-state index in [0.717, 1.165) is 6.54 Å². The van der Waals surface area contributed by atoms with Gasteiger partial charge in [-0.15, -0.1) is 0 Å². The van der Waals surface area contributed by atoms with Crippen molar-refractivity contribution in [2.75, 3.05) is 6.54 Å². The summed E-state index contributed by atoms with van der Waals surface area (Å²) in [5.41, 5.74) is 5.46. The highest BCUT2D eigenvalue weighted by molar-refractivity contribution is 5.44. The summed E-state index contributed by atoms with van der Waals surface area (Å²) in [5.74, 6) is 0.401. The Morgan fingerprint density at radius 3 is 2.68 bits per heavy atom. The normalized spacial score (nSPS) is 21.2. The van der Waals surface area contributed by atoms with Gasteiger partial charge in [-0.2, -0.15) is 5.10 Å². The van der Waals surface area contributed by atoms with Crippen LogP contribution in [-0.4, -0.2) is 16.3 Å². The van der Waals surface area contributed by atoms with Crippen molar-refractivity contribution in [3.63, 3.8) is 0 Å². The molecule has 3 rings (SSSR count). The molecule has 1 aliphatic rings. The Bertz CT molecular complexity index is 610. The van der Waals surface area contributed by atoms with Gasteiger partial charge in [0.05, 0.1) is 6.20 Å². The molecule has 2 aromatic rings. The Kier molecular flexibility index (Phi) is 2.75. The highest BCUT2D eigenvalue weighted by Gasteiger charge is 2.33. The zero-order valence-electron chi connectivity index (χ0n) is 12.1. The molecular weight excluding hydrogens is 234 g/mol. The number of benzene rings is 1. The summed E-state index contributed by atoms with van der Waals surface area (Å²) in [6, 6.07) is 8.76. The number of aromatic nitrogens is 2. The van der Waals surface area contributed by atoms with E-state index >= 15 is 0 Å². The first-order valence-corrected chi connectivity index (χ1v) is 6.83. The van der Waals surface area contributed by atoms with E-state index in [1.807, 2.05) is 17.9 Å². The monoisotopic (exact) mass is 255 g/mol. The van der Waals surface area contributed by atoms with Crippen LogP contribution >= 0.6 is 0 Å². The number of nitrogens with zero attached hydrogens (tertiary/aromatic N) is 2. The number of fused-ring (bicyclic) bond motifs is 1. The molecule has 19 heavy (non-hydrogen) atoms. The maximum Gasteiger partial charge on any atom is 0.0531 e. The second-order valence-electron chi connectivity index (χ2n) is 5.95. The molecule has 0 amide bonds. The largest absolute Gasteiger partial charge is 0.307 e. The third kappa shape index (κ3) is 1.89. The molecule has 1 aromatic carbocycles. The van der Waals surface area contributed by atoms with Gasteiger partial charge >= 0.3 is 0 Å². The first kappa shape index (κ1) is 12.4. The van der Waals surface area contributed by atoms with Crippen molar-refractivity contribution >= 4 is 0 Å². The van der Waals surface area contributed by atoms with Gasteiger partial charge in [0.1, 0.15) is 0 Å². The maximum absolute atomic E-state index is 4.39. The van der Waals surface area contributed by atoms with Crippen molar-refractivity contribution in [3.8, 4) is 0 Å². The van der Waals surface area contributed by atoms with Crippen molar-refractivity contribution < 1.29 is 0 Å². The molecular formula is C16H21N3. The molecule has 0 fully saturated rings. The molecule has 0 spiro atoms. The molecule has 1 aliphatic heterocycles. The fraction of sp³-hybridized carbons (Fsp3) is 0.438. The Labute approximate surface area is 114 Å². The molecule has 2 heterocycles. The molecule has 0 saturated heterocycles. The highest BCUT2D eigenvalue weighted by Crippen LogP contribution is 2.37. The fourth-order valence-corrected chi connectivity index (χ4v) is 3.07. The average Bonchev–Trinajstić information content (AvgIpc) is 2.71. The van der Waals surface area contributed by atoms with Gasteiger partial charge in [-0.05, 0) is 31.9 Å². The lowest BCUT2D eigenvalue weighted by atomic mass is 9.78. The molecule has 100 valence electrons. The smallest absolute Gasteiger partial charge is 0.0531 e. The van der Waals surface area contributed by atoms with Crippen LogP contribution < -0.4 is 5.32 Å².